The third kappa shape index (κ3) is 3.85. The van der Waals surface area contributed by atoms with E-state index in [0.717, 1.165) is 5.56 Å². The number of ether oxygens (including phenoxy) is 1. The van der Waals surface area contributed by atoms with E-state index < -0.39 is 0 Å². The first kappa shape index (κ1) is 14.6. The second-order valence-corrected chi connectivity index (χ2v) is 5.51. The Bertz CT molecular complexity index is 590. The van der Waals surface area contributed by atoms with Gasteiger partial charge < -0.3 is 4.74 Å². The van der Waals surface area contributed by atoms with Gasteiger partial charge in [-0.25, -0.2) is 4.39 Å². The SMILES string of the molecule is Fc1cc(Br)ccc1COc1ccc(CCl)cc1Cl. The lowest BCUT2D eigenvalue weighted by molar-refractivity contribution is 0.300. The van der Waals surface area contributed by atoms with Crippen molar-refractivity contribution >= 4 is 39.1 Å². The zero-order valence-corrected chi connectivity index (χ0v) is 12.9. The van der Waals surface area contributed by atoms with Gasteiger partial charge >= 0.3 is 0 Å². The minimum absolute atomic E-state index is 0.124. The molecule has 2 aromatic carbocycles. The van der Waals surface area contributed by atoms with E-state index in [1.165, 1.54) is 6.07 Å². The lowest BCUT2D eigenvalue weighted by Crippen LogP contribution is -1.99. The maximum atomic E-state index is 13.6. The van der Waals surface area contributed by atoms with Gasteiger partial charge in [0.15, 0.2) is 0 Å². The molecule has 2 aromatic rings. The van der Waals surface area contributed by atoms with Crippen LogP contribution in [0.4, 0.5) is 4.39 Å². The molecule has 0 aromatic heterocycles. The lowest BCUT2D eigenvalue weighted by atomic mass is 10.2. The summed E-state index contributed by atoms with van der Waals surface area (Å²) < 4.78 is 19.8. The van der Waals surface area contributed by atoms with Crippen molar-refractivity contribution in [3.8, 4) is 5.75 Å². The molecule has 2 rings (SSSR count). The number of alkyl halides is 1. The van der Waals surface area contributed by atoms with Crippen LogP contribution in [-0.2, 0) is 12.5 Å². The molecule has 0 aliphatic rings. The van der Waals surface area contributed by atoms with Crippen molar-refractivity contribution < 1.29 is 9.13 Å². The molecule has 0 radical (unpaired) electrons. The zero-order valence-electron chi connectivity index (χ0n) is 9.80. The highest BCUT2D eigenvalue weighted by atomic mass is 79.9. The zero-order chi connectivity index (χ0) is 13.8. The van der Waals surface area contributed by atoms with Gasteiger partial charge in [0.1, 0.15) is 18.2 Å². The Morgan fingerprint density at radius 1 is 1.16 bits per heavy atom. The molecule has 0 saturated carbocycles. The van der Waals surface area contributed by atoms with E-state index in [0.29, 0.717) is 26.7 Å². The molecule has 0 amide bonds. The Balaban J connectivity index is 2.10. The molecule has 0 aliphatic carbocycles. The second-order valence-electron chi connectivity index (χ2n) is 3.92. The first-order chi connectivity index (χ1) is 9.10. The fraction of sp³-hybridized carbons (Fsp3) is 0.143. The fourth-order valence-corrected chi connectivity index (χ4v) is 2.30. The summed E-state index contributed by atoms with van der Waals surface area (Å²) in [6.07, 6.45) is 0. The van der Waals surface area contributed by atoms with Crippen molar-refractivity contribution in [1.82, 2.24) is 0 Å². The summed E-state index contributed by atoms with van der Waals surface area (Å²) in [6.45, 7) is 0.124. The van der Waals surface area contributed by atoms with Crippen molar-refractivity contribution in [2.75, 3.05) is 0 Å². The first-order valence-corrected chi connectivity index (χ1v) is 7.22. The van der Waals surface area contributed by atoms with Gasteiger partial charge in [0, 0.05) is 15.9 Å². The molecule has 0 bridgehead atoms. The summed E-state index contributed by atoms with van der Waals surface area (Å²) in [7, 11) is 0. The Hall–Kier alpha value is -0.770. The van der Waals surface area contributed by atoms with Crippen LogP contribution in [-0.4, -0.2) is 0 Å². The predicted molar refractivity (Wildman–Crippen MR) is 79.4 cm³/mol. The van der Waals surface area contributed by atoms with Gasteiger partial charge in [-0.3, -0.25) is 0 Å². The summed E-state index contributed by atoms with van der Waals surface area (Å²) in [4.78, 5) is 0. The molecule has 0 saturated heterocycles. The number of benzene rings is 2. The molecule has 5 heteroatoms. The van der Waals surface area contributed by atoms with Gasteiger partial charge in [0.2, 0.25) is 0 Å². The summed E-state index contributed by atoms with van der Waals surface area (Å²) in [6, 6.07) is 10.1. The van der Waals surface area contributed by atoms with Gasteiger partial charge in [0.05, 0.1) is 5.02 Å². The minimum Gasteiger partial charge on any atom is -0.487 e. The number of halogens is 4. The number of hydrogen-bond donors (Lipinski definition) is 0. The quantitative estimate of drug-likeness (QED) is 0.646. The van der Waals surface area contributed by atoms with Crippen molar-refractivity contribution in [2.24, 2.45) is 0 Å². The van der Waals surface area contributed by atoms with Crippen molar-refractivity contribution in [2.45, 2.75) is 12.5 Å². The Morgan fingerprint density at radius 3 is 2.58 bits per heavy atom. The molecule has 1 nitrogen and oxygen atoms in total. The monoisotopic (exact) mass is 362 g/mol. The summed E-state index contributed by atoms with van der Waals surface area (Å²) in [5, 5.41) is 0.468. The maximum absolute atomic E-state index is 13.6. The van der Waals surface area contributed by atoms with Crippen LogP contribution in [0.5, 0.6) is 5.75 Å². The van der Waals surface area contributed by atoms with Crippen molar-refractivity contribution in [1.29, 1.82) is 0 Å². The standard InChI is InChI=1S/C14H10BrCl2FO/c15-11-3-2-10(13(18)6-11)8-19-14-4-1-9(7-16)5-12(14)17/h1-6H,7-8H2. The molecule has 100 valence electrons. The van der Waals surface area contributed by atoms with Crippen LogP contribution in [0, 0.1) is 5.82 Å². The molecule has 0 atom stereocenters. The molecule has 0 heterocycles. The fourth-order valence-electron chi connectivity index (χ4n) is 1.54. The number of hydrogen-bond acceptors (Lipinski definition) is 1. The molecule has 0 fully saturated rings. The van der Waals surface area contributed by atoms with Crippen molar-refractivity contribution in [3.63, 3.8) is 0 Å². The van der Waals surface area contributed by atoms with Crippen LogP contribution in [0.2, 0.25) is 5.02 Å². The van der Waals surface area contributed by atoms with Gasteiger partial charge in [-0.15, -0.1) is 11.6 Å². The van der Waals surface area contributed by atoms with E-state index in [4.69, 9.17) is 27.9 Å². The maximum Gasteiger partial charge on any atom is 0.138 e. The number of rotatable bonds is 4. The molecule has 0 aliphatic heterocycles. The van der Waals surface area contributed by atoms with Crippen LogP contribution in [0.3, 0.4) is 0 Å². The second kappa shape index (κ2) is 6.60. The van der Waals surface area contributed by atoms with Crippen LogP contribution in [0.25, 0.3) is 0 Å². The molecule has 0 unspecified atom stereocenters. The first-order valence-electron chi connectivity index (χ1n) is 5.51. The molecule has 19 heavy (non-hydrogen) atoms. The van der Waals surface area contributed by atoms with Crippen LogP contribution < -0.4 is 4.74 Å². The highest BCUT2D eigenvalue weighted by Gasteiger charge is 2.06. The van der Waals surface area contributed by atoms with Crippen LogP contribution >= 0.6 is 39.1 Å². The molecular formula is C14H10BrCl2FO. The third-order valence-corrected chi connectivity index (χ3v) is 3.65. The van der Waals surface area contributed by atoms with Gasteiger partial charge in [0.25, 0.3) is 0 Å². The van der Waals surface area contributed by atoms with E-state index in [9.17, 15) is 4.39 Å². The molecule has 0 spiro atoms. The van der Waals surface area contributed by atoms with E-state index in [2.05, 4.69) is 15.9 Å². The van der Waals surface area contributed by atoms with Crippen molar-refractivity contribution in [3.05, 3.63) is 62.8 Å². The average molecular weight is 364 g/mol. The highest BCUT2D eigenvalue weighted by Crippen LogP contribution is 2.27. The summed E-state index contributed by atoms with van der Waals surface area (Å²) in [5.41, 5.74) is 1.38. The van der Waals surface area contributed by atoms with Gasteiger partial charge in [-0.2, -0.15) is 0 Å². The molecule has 0 N–H and O–H groups in total. The minimum atomic E-state index is -0.317. The Kier molecular flexibility index (Phi) is 5.08. The molecular weight excluding hydrogens is 354 g/mol. The summed E-state index contributed by atoms with van der Waals surface area (Å²) in [5.74, 6) is 0.585. The smallest absolute Gasteiger partial charge is 0.138 e. The Labute approximate surface area is 129 Å². The van der Waals surface area contributed by atoms with Crippen LogP contribution in [0.1, 0.15) is 11.1 Å². The normalized spacial score (nSPS) is 10.5. The largest absolute Gasteiger partial charge is 0.487 e. The van der Waals surface area contributed by atoms with E-state index in [1.807, 2.05) is 6.07 Å². The van der Waals surface area contributed by atoms with Gasteiger partial charge in [-0.1, -0.05) is 39.7 Å². The lowest BCUT2D eigenvalue weighted by Gasteiger charge is -2.09. The Morgan fingerprint density at radius 2 is 1.95 bits per heavy atom. The highest BCUT2D eigenvalue weighted by molar-refractivity contribution is 9.10. The van der Waals surface area contributed by atoms with Gasteiger partial charge in [-0.05, 0) is 29.8 Å². The topological polar surface area (TPSA) is 9.23 Å². The van der Waals surface area contributed by atoms with Crippen LogP contribution in [0.15, 0.2) is 40.9 Å². The van der Waals surface area contributed by atoms with E-state index >= 15 is 0 Å². The van der Waals surface area contributed by atoms with E-state index in [-0.39, 0.29) is 12.4 Å². The van der Waals surface area contributed by atoms with E-state index in [1.54, 1.807) is 24.3 Å². The predicted octanol–water partition coefficient (Wildman–Crippen LogP) is 5.56. The third-order valence-electron chi connectivity index (χ3n) is 2.55. The average Bonchev–Trinajstić information content (AvgIpc) is 2.39. The summed E-state index contributed by atoms with van der Waals surface area (Å²) >= 11 is 15.0.